The number of ether oxygens (including phenoxy) is 1. The number of aromatic nitrogens is 2. The molecule has 6 nitrogen and oxygen atoms in total. The van der Waals surface area contributed by atoms with Gasteiger partial charge in [-0.2, -0.15) is 0 Å². The van der Waals surface area contributed by atoms with Gasteiger partial charge in [0.05, 0.1) is 13.2 Å². The van der Waals surface area contributed by atoms with Gasteiger partial charge in [-0.1, -0.05) is 16.1 Å². The molecule has 2 rings (SSSR count). The molecule has 0 radical (unpaired) electrons. The van der Waals surface area contributed by atoms with E-state index in [2.05, 4.69) is 9.59 Å². The van der Waals surface area contributed by atoms with Crippen molar-refractivity contribution in [3.05, 3.63) is 10.0 Å². The number of halogens is 1. The molecule has 8 heteroatoms. The van der Waals surface area contributed by atoms with Crippen LogP contribution in [-0.2, 0) is 16.1 Å². The zero-order valence-electron chi connectivity index (χ0n) is 8.43. The Hall–Kier alpha value is -0.760. The number of morpholine rings is 1. The van der Waals surface area contributed by atoms with Crippen molar-refractivity contribution >= 4 is 29.0 Å². The molecule has 1 aliphatic heterocycles. The van der Waals surface area contributed by atoms with E-state index in [9.17, 15) is 4.79 Å². The van der Waals surface area contributed by atoms with Crippen LogP contribution in [0.25, 0.3) is 0 Å². The van der Waals surface area contributed by atoms with Crippen molar-refractivity contribution in [3.8, 4) is 0 Å². The maximum absolute atomic E-state index is 11.2. The summed E-state index contributed by atoms with van der Waals surface area (Å²) < 4.78 is 9.51. The summed E-state index contributed by atoms with van der Waals surface area (Å²) in [5.41, 5.74) is 5.98. The molecule has 0 saturated carbocycles. The third kappa shape index (κ3) is 2.49. The van der Waals surface area contributed by atoms with Crippen molar-refractivity contribution in [1.29, 1.82) is 0 Å². The van der Waals surface area contributed by atoms with Crippen LogP contribution in [-0.4, -0.2) is 46.2 Å². The topological polar surface area (TPSA) is 81.3 Å². The lowest BCUT2D eigenvalue weighted by Gasteiger charge is -2.32. The molecule has 1 aromatic heterocycles. The Morgan fingerprint density at radius 2 is 2.56 bits per heavy atom. The molecule has 1 amide bonds. The Labute approximate surface area is 101 Å². The molecule has 1 aromatic rings. The van der Waals surface area contributed by atoms with E-state index < -0.39 is 6.04 Å². The van der Waals surface area contributed by atoms with Crippen molar-refractivity contribution in [2.75, 3.05) is 19.8 Å². The van der Waals surface area contributed by atoms with E-state index in [1.54, 1.807) is 0 Å². The van der Waals surface area contributed by atoms with Crippen LogP contribution in [0.3, 0.4) is 0 Å². The summed E-state index contributed by atoms with van der Waals surface area (Å²) in [5.74, 6) is -0.390. The fourth-order valence-corrected chi connectivity index (χ4v) is 2.18. The molecule has 1 fully saturated rings. The lowest BCUT2D eigenvalue weighted by molar-refractivity contribution is -0.129. The van der Waals surface area contributed by atoms with Gasteiger partial charge in [0, 0.05) is 24.6 Å². The summed E-state index contributed by atoms with van der Waals surface area (Å²) >= 11 is 7.04. The molecule has 1 aliphatic rings. The first-order valence-electron chi connectivity index (χ1n) is 4.76. The van der Waals surface area contributed by atoms with E-state index in [-0.39, 0.29) is 5.91 Å². The Bertz CT molecular complexity index is 386. The number of hydrogen-bond donors (Lipinski definition) is 1. The highest BCUT2D eigenvalue weighted by Crippen LogP contribution is 2.20. The molecule has 1 saturated heterocycles. The molecule has 2 heterocycles. The molecule has 0 spiro atoms. The Kier molecular flexibility index (Phi) is 3.70. The van der Waals surface area contributed by atoms with Crippen molar-refractivity contribution in [3.63, 3.8) is 0 Å². The van der Waals surface area contributed by atoms with Crippen LogP contribution in [0, 0.1) is 0 Å². The third-order valence-electron chi connectivity index (χ3n) is 2.43. The molecular formula is C8H11ClN4O2S. The quantitative estimate of drug-likeness (QED) is 0.821. The first-order chi connectivity index (χ1) is 7.68. The summed E-state index contributed by atoms with van der Waals surface area (Å²) in [7, 11) is 0. The third-order valence-corrected chi connectivity index (χ3v) is 3.41. The average Bonchev–Trinajstić information content (AvgIpc) is 2.65. The maximum Gasteiger partial charge on any atom is 0.237 e. The van der Waals surface area contributed by atoms with Crippen LogP contribution in [0.1, 0.15) is 5.69 Å². The van der Waals surface area contributed by atoms with E-state index in [4.69, 9.17) is 22.1 Å². The molecule has 1 atom stereocenters. The highest BCUT2D eigenvalue weighted by Gasteiger charge is 2.28. The summed E-state index contributed by atoms with van der Waals surface area (Å²) in [5, 5.41) is 3.91. The zero-order chi connectivity index (χ0) is 11.5. The average molecular weight is 263 g/mol. The SMILES string of the molecule is NC(=O)C1COCCN1Cc1nnsc1Cl. The molecule has 88 valence electrons. The van der Waals surface area contributed by atoms with Crippen molar-refractivity contribution in [2.45, 2.75) is 12.6 Å². The van der Waals surface area contributed by atoms with Crippen LogP contribution in [0.4, 0.5) is 0 Å². The van der Waals surface area contributed by atoms with E-state index in [0.29, 0.717) is 36.3 Å². The highest BCUT2D eigenvalue weighted by atomic mass is 35.5. The minimum atomic E-state index is -0.411. The summed E-state index contributed by atoms with van der Waals surface area (Å²) in [6.07, 6.45) is 0. The number of hydrogen-bond acceptors (Lipinski definition) is 6. The van der Waals surface area contributed by atoms with Crippen LogP contribution < -0.4 is 5.73 Å². The van der Waals surface area contributed by atoms with Crippen LogP contribution in [0.5, 0.6) is 0 Å². The minimum absolute atomic E-state index is 0.324. The number of carbonyl (C=O) groups is 1. The van der Waals surface area contributed by atoms with Crippen LogP contribution in [0.15, 0.2) is 0 Å². The van der Waals surface area contributed by atoms with Gasteiger partial charge >= 0.3 is 0 Å². The van der Waals surface area contributed by atoms with Crippen LogP contribution in [0.2, 0.25) is 4.34 Å². The van der Waals surface area contributed by atoms with Gasteiger partial charge in [-0.3, -0.25) is 9.69 Å². The van der Waals surface area contributed by atoms with Crippen molar-refractivity contribution < 1.29 is 9.53 Å². The number of nitrogens with zero attached hydrogens (tertiary/aromatic N) is 3. The van der Waals surface area contributed by atoms with E-state index in [1.165, 1.54) is 0 Å². The van der Waals surface area contributed by atoms with Gasteiger partial charge < -0.3 is 10.5 Å². The second-order valence-electron chi connectivity index (χ2n) is 3.46. The van der Waals surface area contributed by atoms with E-state index in [1.807, 2.05) is 4.90 Å². The molecule has 0 aliphatic carbocycles. The number of carbonyl (C=O) groups excluding carboxylic acids is 1. The van der Waals surface area contributed by atoms with Gasteiger partial charge in [-0.05, 0) is 0 Å². The molecule has 1 unspecified atom stereocenters. The Balaban J connectivity index is 2.07. The predicted molar refractivity (Wildman–Crippen MR) is 59.1 cm³/mol. The second-order valence-corrected chi connectivity index (χ2v) is 4.81. The van der Waals surface area contributed by atoms with Gasteiger partial charge in [-0.15, -0.1) is 5.10 Å². The summed E-state index contributed by atoms with van der Waals surface area (Å²) in [6.45, 7) is 2.03. The van der Waals surface area contributed by atoms with Gasteiger partial charge in [0.15, 0.2) is 0 Å². The molecule has 0 aromatic carbocycles. The molecule has 0 bridgehead atoms. The fraction of sp³-hybridized carbons (Fsp3) is 0.625. The van der Waals surface area contributed by atoms with Gasteiger partial charge in [0.1, 0.15) is 16.1 Å². The van der Waals surface area contributed by atoms with Crippen LogP contribution >= 0.6 is 23.1 Å². The number of amides is 1. The van der Waals surface area contributed by atoms with Crippen molar-refractivity contribution in [1.82, 2.24) is 14.5 Å². The second kappa shape index (κ2) is 5.05. The molecular weight excluding hydrogens is 252 g/mol. The number of rotatable bonds is 3. The normalized spacial score (nSPS) is 22.2. The largest absolute Gasteiger partial charge is 0.378 e. The minimum Gasteiger partial charge on any atom is -0.378 e. The molecule has 16 heavy (non-hydrogen) atoms. The van der Waals surface area contributed by atoms with Gasteiger partial charge in [0.2, 0.25) is 5.91 Å². The Morgan fingerprint density at radius 1 is 1.75 bits per heavy atom. The van der Waals surface area contributed by atoms with Crippen molar-refractivity contribution in [2.24, 2.45) is 5.73 Å². The Morgan fingerprint density at radius 3 is 3.19 bits per heavy atom. The standard InChI is InChI=1S/C8H11ClN4O2S/c9-7-5(11-12-16-7)3-13-1-2-15-4-6(13)8(10)14/h6H,1-4H2,(H2,10,14). The summed E-state index contributed by atoms with van der Waals surface area (Å²) in [6, 6.07) is -0.411. The van der Waals surface area contributed by atoms with E-state index >= 15 is 0 Å². The van der Waals surface area contributed by atoms with Gasteiger partial charge in [0.25, 0.3) is 0 Å². The number of primary amides is 1. The first kappa shape index (κ1) is 11.7. The zero-order valence-corrected chi connectivity index (χ0v) is 10.00. The van der Waals surface area contributed by atoms with Gasteiger partial charge in [-0.25, -0.2) is 0 Å². The van der Waals surface area contributed by atoms with E-state index in [0.717, 1.165) is 11.5 Å². The number of nitrogens with two attached hydrogens (primary N) is 1. The lowest BCUT2D eigenvalue weighted by Crippen LogP contribution is -2.51. The fourth-order valence-electron chi connectivity index (χ4n) is 1.57. The highest BCUT2D eigenvalue weighted by molar-refractivity contribution is 7.10. The lowest BCUT2D eigenvalue weighted by atomic mass is 10.2. The summed E-state index contributed by atoms with van der Waals surface area (Å²) in [4.78, 5) is 13.1. The monoisotopic (exact) mass is 262 g/mol. The molecule has 2 N–H and O–H groups in total. The predicted octanol–water partition coefficient (Wildman–Crippen LogP) is -0.122. The smallest absolute Gasteiger partial charge is 0.237 e. The maximum atomic E-state index is 11.2. The first-order valence-corrected chi connectivity index (χ1v) is 5.91.